The van der Waals surface area contributed by atoms with Gasteiger partial charge in [-0.05, 0) is 93.7 Å². The van der Waals surface area contributed by atoms with Crippen LogP contribution in [0.25, 0.3) is 66.3 Å². The highest BCUT2D eigenvalue weighted by Crippen LogP contribution is 2.49. The van der Waals surface area contributed by atoms with Crippen LogP contribution in [-0.4, -0.2) is 9.13 Å². The molecule has 4 nitrogen and oxygen atoms in total. The quantitative estimate of drug-likeness (QED) is 0.189. The Hall–Kier alpha value is -6.73. The number of aromatic nitrogens is 2. The monoisotopic (exact) mass is 778 g/mol. The number of rotatable bonds is 5. The van der Waals surface area contributed by atoms with Gasteiger partial charge >= 0.3 is 0 Å². The summed E-state index contributed by atoms with van der Waals surface area (Å²) in [6.07, 6.45) is -0.415. The highest BCUT2D eigenvalue weighted by atomic mass is 32.2. The normalized spacial score (nSPS) is 14.5. The average molecular weight is 779 g/mol. The fourth-order valence-corrected chi connectivity index (χ4v) is 11.0. The molecule has 1 N–H and O–H groups in total. The molecule has 10 aromatic rings. The Morgan fingerprint density at radius 1 is 0.466 bits per heavy atom. The zero-order valence-corrected chi connectivity index (χ0v) is 32.8. The van der Waals surface area contributed by atoms with Crippen molar-refractivity contribution in [1.82, 2.24) is 14.5 Å². The van der Waals surface area contributed by atoms with Crippen molar-refractivity contribution in [3.8, 4) is 28.1 Å². The van der Waals surface area contributed by atoms with Gasteiger partial charge in [0.2, 0.25) is 6.29 Å². The van der Waals surface area contributed by atoms with Gasteiger partial charge in [-0.15, -0.1) is 0 Å². The van der Waals surface area contributed by atoms with Gasteiger partial charge < -0.3 is 14.5 Å². The molecule has 1 unspecified atom stereocenters. The lowest BCUT2D eigenvalue weighted by Gasteiger charge is -2.25. The van der Waals surface area contributed by atoms with Crippen molar-refractivity contribution >= 4 is 61.8 Å². The summed E-state index contributed by atoms with van der Waals surface area (Å²) >= 11 is 3.72. The summed E-state index contributed by atoms with van der Waals surface area (Å²) in [4.78, 5) is 10.9. The van der Waals surface area contributed by atoms with Crippen molar-refractivity contribution in [2.24, 2.45) is 4.99 Å². The van der Waals surface area contributed by atoms with Crippen LogP contribution in [0.2, 0.25) is 0 Å². The Morgan fingerprint density at radius 2 is 1.09 bits per heavy atom. The standard InChI is InChI=1S/C52H34N4S2/c1-4-15-34(16-5-1)44-32-41-51(55(44)38-19-8-3-9-20-38)50(35-17-6-2-7-18-35)54-52(53-41)56-42-27-25-36(30-40(42)49-39-21-11-10-14-33(39)24-28-43(49)56)37-26-29-47-48(31-37)58-46-23-13-12-22-45(46)57-47/h1-32,52,54H. The minimum absolute atomic E-state index is 0.415. The summed E-state index contributed by atoms with van der Waals surface area (Å²) in [6.45, 7) is 0. The maximum atomic E-state index is 5.63. The van der Waals surface area contributed by atoms with Gasteiger partial charge in [-0.3, -0.25) is 0 Å². The molecule has 2 aliphatic heterocycles. The zero-order chi connectivity index (χ0) is 38.2. The highest BCUT2D eigenvalue weighted by Gasteiger charge is 2.26. The molecule has 0 saturated heterocycles. The van der Waals surface area contributed by atoms with E-state index in [2.05, 4.69) is 209 Å². The number of nitrogens with one attached hydrogen (secondary N) is 1. The number of hydrogen-bond acceptors (Lipinski definition) is 4. The van der Waals surface area contributed by atoms with E-state index in [1.807, 2.05) is 23.5 Å². The van der Waals surface area contributed by atoms with E-state index in [0.717, 1.165) is 49.9 Å². The smallest absolute Gasteiger partial charge is 0.201 e. The van der Waals surface area contributed by atoms with E-state index in [1.165, 1.54) is 52.3 Å². The van der Waals surface area contributed by atoms with Crippen molar-refractivity contribution < 1.29 is 0 Å². The third-order valence-corrected chi connectivity index (χ3v) is 13.9. The third-order valence-electron chi connectivity index (χ3n) is 11.4. The van der Waals surface area contributed by atoms with E-state index >= 15 is 0 Å². The summed E-state index contributed by atoms with van der Waals surface area (Å²) in [6, 6.07) is 70.1. The molecule has 8 aromatic carbocycles. The Kier molecular flexibility index (Phi) is 7.75. The minimum atomic E-state index is -0.415. The Labute approximate surface area is 343 Å². The molecule has 0 radical (unpaired) electrons. The molecular weight excluding hydrogens is 745 g/mol. The van der Waals surface area contributed by atoms with Crippen LogP contribution >= 0.6 is 23.5 Å². The van der Waals surface area contributed by atoms with Crippen LogP contribution in [0.15, 0.2) is 219 Å². The average Bonchev–Trinajstić information content (AvgIpc) is 3.85. The van der Waals surface area contributed by atoms with Crippen LogP contribution in [0.1, 0.15) is 11.9 Å². The van der Waals surface area contributed by atoms with Gasteiger partial charge in [-0.25, -0.2) is 4.99 Å². The van der Waals surface area contributed by atoms with Crippen LogP contribution < -0.4 is 16.0 Å². The van der Waals surface area contributed by atoms with Crippen molar-refractivity contribution in [2.75, 3.05) is 0 Å². The number of benzene rings is 8. The first-order valence-corrected chi connectivity index (χ1v) is 21.2. The van der Waals surface area contributed by atoms with Gasteiger partial charge in [0.1, 0.15) is 0 Å². The van der Waals surface area contributed by atoms with Crippen LogP contribution in [0.4, 0.5) is 0 Å². The van der Waals surface area contributed by atoms with Gasteiger partial charge in [0, 0.05) is 36.0 Å². The number of nitrogens with zero attached hydrogens (tertiary/aromatic N) is 3. The summed E-state index contributed by atoms with van der Waals surface area (Å²) in [5.41, 5.74) is 10.2. The van der Waals surface area contributed by atoms with Crippen molar-refractivity contribution in [3.63, 3.8) is 0 Å². The van der Waals surface area contributed by atoms with E-state index in [9.17, 15) is 0 Å². The largest absolute Gasteiger partial charge is 0.344 e. The lowest BCUT2D eigenvalue weighted by molar-refractivity contribution is 0.488. The third kappa shape index (κ3) is 5.37. The predicted molar refractivity (Wildman–Crippen MR) is 240 cm³/mol. The first-order valence-electron chi connectivity index (χ1n) is 19.6. The molecule has 58 heavy (non-hydrogen) atoms. The Bertz CT molecular complexity index is 3370. The van der Waals surface area contributed by atoms with Gasteiger partial charge in [-0.1, -0.05) is 157 Å². The topological polar surface area (TPSA) is 34.2 Å². The second-order valence-electron chi connectivity index (χ2n) is 14.8. The summed E-state index contributed by atoms with van der Waals surface area (Å²) in [7, 11) is 0. The van der Waals surface area contributed by atoms with E-state index in [-0.39, 0.29) is 0 Å². The fraction of sp³-hybridized carbons (Fsp3) is 0.0192. The molecule has 12 rings (SSSR count). The van der Waals surface area contributed by atoms with Crippen LogP contribution in [0.5, 0.6) is 0 Å². The summed E-state index contributed by atoms with van der Waals surface area (Å²) in [5, 5.41) is 10.9. The molecule has 2 aliphatic rings. The minimum Gasteiger partial charge on any atom is -0.344 e. The highest BCUT2D eigenvalue weighted by molar-refractivity contribution is 8.05. The first-order chi connectivity index (χ1) is 28.7. The number of hydrogen-bond donors (Lipinski definition) is 1. The SMILES string of the molecule is c1ccc(C2=c3c(cc(-c4ccccc4)n3-c3ccccc3)=NC(n3c4ccc(-c5ccc6c(c5)Sc5ccccc5S6)cc4c4c5ccccc5ccc43)N2)cc1. The lowest BCUT2D eigenvalue weighted by Crippen LogP contribution is -2.43. The summed E-state index contributed by atoms with van der Waals surface area (Å²) < 4.78 is 4.77. The fourth-order valence-electron chi connectivity index (χ4n) is 8.78. The zero-order valence-electron chi connectivity index (χ0n) is 31.2. The molecule has 4 heterocycles. The molecule has 0 amide bonds. The summed E-state index contributed by atoms with van der Waals surface area (Å²) in [5.74, 6) is 0. The van der Waals surface area contributed by atoms with E-state index in [4.69, 9.17) is 4.99 Å². The van der Waals surface area contributed by atoms with Crippen molar-refractivity contribution in [2.45, 2.75) is 25.9 Å². The molecule has 1 atom stereocenters. The second-order valence-corrected chi connectivity index (χ2v) is 17.0. The molecular formula is C52H34N4S2. The molecule has 2 aromatic heterocycles. The molecule has 0 bridgehead atoms. The molecule has 274 valence electrons. The predicted octanol–water partition coefficient (Wildman–Crippen LogP) is 12.2. The van der Waals surface area contributed by atoms with Gasteiger partial charge in [0.25, 0.3) is 0 Å². The number of para-hydroxylation sites is 1. The van der Waals surface area contributed by atoms with Crippen LogP contribution in [0, 0.1) is 0 Å². The van der Waals surface area contributed by atoms with E-state index in [1.54, 1.807) is 0 Å². The Balaban J connectivity index is 1.09. The number of fused-ring (bicyclic) bond motifs is 8. The molecule has 0 aliphatic carbocycles. The first kappa shape index (κ1) is 33.4. The van der Waals surface area contributed by atoms with Gasteiger partial charge in [0.05, 0.1) is 33.1 Å². The van der Waals surface area contributed by atoms with E-state index < -0.39 is 6.29 Å². The van der Waals surface area contributed by atoms with Gasteiger partial charge in [0.15, 0.2) is 0 Å². The lowest BCUT2D eigenvalue weighted by atomic mass is 10.00. The maximum Gasteiger partial charge on any atom is 0.201 e. The Morgan fingerprint density at radius 3 is 1.88 bits per heavy atom. The molecule has 6 heteroatoms. The van der Waals surface area contributed by atoms with E-state index in [0.29, 0.717) is 0 Å². The second kappa shape index (κ2) is 13.4. The van der Waals surface area contributed by atoms with Crippen LogP contribution in [-0.2, 0) is 0 Å². The van der Waals surface area contributed by atoms with Crippen LogP contribution in [0.3, 0.4) is 0 Å². The van der Waals surface area contributed by atoms with Crippen molar-refractivity contribution in [3.05, 3.63) is 210 Å². The van der Waals surface area contributed by atoms with Gasteiger partial charge in [-0.2, -0.15) is 0 Å². The van der Waals surface area contributed by atoms with Crippen molar-refractivity contribution in [1.29, 1.82) is 0 Å². The molecule has 0 spiro atoms. The maximum absolute atomic E-state index is 5.63. The molecule has 0 fully saturated rings. The molecule has 0 saturated carbocycles.